The number of sulfonamides is 1. The van der Waals surface area contributed by atoms with E-state index < -0.39 is 34.5 Å². The Kier molecular flexibility index (Phi) is 5.55. The minimum Gasteiger partial charge on any atom is -0.333 e. The predicted molar refractivity (Wildman–Crippen MR) is 86.7 cm³/mol. The highest BCUT2D eigenvalue weighted by Gasteiger charge is 2.31. The lowest BCUT2D eigenvalue weighted by molar-refractivity contribution is -0.138. The van der Waals surface area contributed by atoms with Crippen molar-refractivity contribution in [2.75, 3.05) is 18.3 Å². The van der Waals surface area contributed by atoms with Crippen molar-refractivity contribution in [3.05, 3.63) is 59.9 Å². The second-order valence-electron chi connectivity index (χ2n) is 5.39. The van der Waals surface area contributed by atoms with Gasteiger partial charge in [0.05, 0.1) is 10.6 Å². The van der Waals surface area contributed by atoms with Crippen molar-refractivity contribution in [2.45, 2.75) is 11.1 Å². The molecule has 2 aromatic carbocycles. The predicted octanol–water partition coefficient (Wildman–Crippen LogP) is 3.26. The van der Waals surface area contributed by atoms with Crippen molar-refractivity contribution in [1.29, 1.82) is 0 Å². The molecule has 0 saturated carbocycles. The SMILES string of the molecule is CN(CC(F)(F)F)C(=O)c1cccc(S(=O)(=O)Nc2ccccc2F)c1. The molecule has 0 atom stereocenters. The van der Waals surface area contributed by atoms with Crippen LogP contribution in [0.2, 0.25) is 0 Å². The van der Waals surface area contributed by atoms with Crippen LogP contribution in [0.1, 0.15) is 10.4 Å². The number of rotatable bonds is 5. The third-order valence-electron chi connectivity index (χ3n) is 3.27. The van der Waals surface area contributed by atoms with Crippen LogP contribution in [0, 0.1) is 5.82 Å². The van der Waals surface area contributed by atoms with Crippen molar-refractivity contribution in [3.63, 3.8) is 0 Å². The third kappa shape index (κ3) is 4.94. The lowest BCUT2D eigenvalue weighted by Crippen LogP contribution is -2.35. The molecule has 0 radical (unpaired) electrons. The molecular formula is C16H14F4N2O3S. The average Bonchev–Trinajstić information content (AvgIpc) is 2.54. The summed E-state index contributed by atoms with van der Waals surface area (Å²) in [7, 11) is -3.28. The number of alkyl halides is 3. The first kappa shape index (κ1) is 19.7. The summed E-state index contributed by atoms with van der Waals surface area (Å²) >= 11 is 0. The highest BCUT2D eigenvalue weighted by Crippen LogP contribution is 2.21. The molecule has 0 aromatic heterocycles. The van der Waals surface area contributed by atoms with Crippen LogP contribution in [0.4, 0.5) is 23.2 Å². The number of carbonyl (C=O) groups excluding carboxylic acids is 1. The molecule has 0 aliphatic heterocycles. The molecule has 1 N–H and O–H groups in total. The van der Waals surface area contributed by atoms with E-state index in [1.54, 1.807) is 0 Å². The fourth-order valence-electron chi connectivity index (χ4n) is 2.11. The number of amides is 1. The molecule has 0 aliphatic carbocycles. The van der Waals surface area contributed by atoms with Gasteiger partial charge in [-0.25, -0.2) is 12.8 Å². The fourth-order valence-corrected chi connectivity index (χ4v) is 3.22. The second-order valence-corrected chi connectivity index (χ2v) is 7.07. The summed E-state index contributed by atoms with van der Waals surface area (Å²) in [5.74, 6) is -1.79. The first-order chi connectivity index (χ1) is 12.0. The smallest absolute Gasteiger partial charge is 0.333 e. The number of nitrogens with one attached hydrogen (secondary N) is 1. The molecule has 0 aliphatic rings. The van der Waals surface area contributed by atoms with Crippen LogP contribution < -0.4 is 4.72 Å². The summed E-state index contributed by atoms with van der Waals surface area (Å²) < 4.78 is 77.5. The number of halogens is 4. The Bertz CT molecular complexity index is 914. The molecule has 5 nitrogen and oxygen atoms in total. The van der Waals surface area contributed by atoms with E-state index in [1.165, 1.54) is 30.3 Å². The molecule has 26 heavy (non-hydrogen) atoms. The Labute approximate surface area is 147 Å². The highest BCUT2D eigenvalue weighted by atomic mass is 32.2. The number of benzene rings is 2. The third-order valence-corrected chi connectivity index (χ3v) is 4.64. The van der Waals surface area contributed by atoms with Crippen LogP contribution >= 0.6 is 0 Å². The summed E-state index contributed by atoms with van der Waals surface area (Å²) in [4.78, 5) is 12.1. The zero-order chi connectivity index (χ0) is 19.5. The molecular weight excluding hydrogens is 376 g/mol. The van der Waals surface area contributed by atoms with Gasteiger partial charge in [-0.05, 0) is 30.3 Å². The van der Waals surface area contributed by atoms with E-state index in [4.69, 9.17) is 0 Å². The lowest BCUT2D eigenvalue weighted by Gasteiger charge is -2.19. The molecule has 10 heteroatoms. The Balaban J connectivity index is 2.28. The van der Waals surface area contributed by atoms with Gasteiger partial charge in [-0.15, -0.1) is 0 Å². The van der Waals surface area contributed by atoms with Gasteiger partial charge in [-0.1, -0.05) is 18.2 Å². The minimum absolute atomic E-state index is 0.242. The van der Waals surface area contributed by atoms with E-state index in [1.807, 2.05) is 4.72 Å². The Morgan fingerprint density at radius 2 is 1.77 bits per heavy atom. The normalized spacial score (nSPS) is 11.9. The van der Waals surface area contributed by atoms with Gasteiger partial charge < -0.3 is 4.90 Å². The average molecular weight is 390 g/mol. The largest absolute Gasteiger partial charge is 0.406 e. The van der Waals surface area contributed by atoms with E-state index in [-0.39, 0.29) is 16.1 Å². The molecule has 0 spiro atoms. The first-order valence-corrected chi connectivity index (χ1v) is 8.67. The van der Waals surface area contributed by atoms with Crippen molar-refractivity contribution >= 4 is 21.6 Å². The molecule has 2 aromatic rings. The van der Waals surface area contributed by atoms with Gasteiger partial charge in [0.15, 0.2) is 0 Å². The van der Waals surface area contributed by atoms with E-state index in [0.717, 1.165) is 25.2 Å². The van der Waals surface area contributed by atoms with Crippen LogP contribution in [-0.2, 0) is 10.0 Å². The Morgan fingerprint density at radius 1 is 1.12 bits per heavy atom. The molecule has 2 rings (SSSR count). The Hall–Kier alpha value is -2.62. The van der Waals surface area contributed by atoms with Crippen LogP contribution in [0.25, 0.3) is 0 Å². The summed E-state index contributed by atoms with van der Waals surface area (Å²) in [6.45, 7) is -1.48. The number of hydrogen-bond acceptors (Lipinski definition) is 3. The summed E-state index contributed by atoms with van der Waals surface area (Å²) in [5, 5.41) is 0. The van der Waals surface area contributed by atoms with E-state index in [9.17, 15) is 30.8 Å². The van der Waals surface area contributed by atoms with Crippen molar-refractivity contribution < 1.29 is 30.8 Å². The number of nitrogens with zero attached hydrogens (tertiary/aromatic N) is 1. The van der Waals surface area contributed by atoms with Gasteiger partial charge >= 0.3 is 6.18 Å². The van der Waals surface area contributed by atoms with Gasteiger partial charge in [0, 0.05) is 12.6 Å². The molecule has 0 saturated heterocycles. The van der Waals surface area contributed by atoms with Crippen LogP contribution in [0.15, 0.2) is 53.4 Å². The summed E-state index contributed by atoms with van der Waals surface area (Å²) in [5.41, 5.74) is -0.536. The number of carbonyl (C=O) groups is 1. The second kappa shape index (κ2) is 7.32. The molecule has 0 unspecified atom stereocenters. The number of hydrogen-bond donors (Lipinski definition) is 1. The maximum absolute atomic E-state index is 13.6. The van der Waals surface area contributed by atoms with E-state index in [0.29, 0.717) is 4.90 Å². The zero-order valence-electron chi connectivity index (χ0n) is 13.4. The first-order valence-electron chi connectivity index (χ1n) is 7.19. The lowest BCUT2D eigenvalue weighted by atomic mass is 10.2. The minimum atomic E-state index is -4.58. The maximum atomic E-state index is 13.6. The topological polar surface area (TPSA) is 66.5 Å². The highest BCUT2D eigenvalue weighted by molar-refractivity contribution is 7.92. The molecule has 1 amide bonds. The van der Waals surface area contributed by atoms with Crippen molar-refractivity contribution in [3.8, 4) is 0 Å². The summed E-state index contributed by atoms with van der Waals surface area (Å²) in [6, 6.07) is 9.54. The standard InChI is InChI=1S/C16H14F4N2O3S/c1-22(10-16(18,19)20)15(23)11-5-4-6-12(9-11)26(24,25)21-14-8-3-2-7-13(14)17/h2-9,21H,10H2,1H3. The fraction of sp³-hybridized carbons (Fsp3) is 0.188. The van der Waals surface area contributed by atoms with Crippen LogP contribution in [-0.4, -0.2) is 39.0 Å². The van der Waals surface area contributed by atoms with Gasteiger partial charge in [0.2, 0.25) is 0 Å². The maximum Gasteiger partial charge on any atom is 0.406 e. The number of para-hydroxylation sites is 1. The van der Waals surface area contributed by atoms with Crippen LogP contribution in [0.5, 0.6) is 0 Å². The van der Waals surface area contributed by atoms with Gasteiger partial charge in [0.25, 0.3) is 15.9 Å². The van der Waals surface area contributed by atoms with Crippen molar-refractivity contribution in [2.24, 2.45) is 0 Å². The molecule has 0 fully saturated rings. The summed E-state index contributed by atoms with van der Waals surface area (Å²) in [6.07, 6.45) is -4.58. The quantitative estimate of drug-likeness (QED) is 0.797. The Morgan fingerprint density at radius 3 is 2.38 bits per heavy atom. The monoisotopic (exact) mass is 390 g/mol. The van der Waals surface area contributed by atoms with Gasteiger partial charge in [-0.3, -0.25) is 9.52 Å². The van der Waals surface area contributed by atoms with E-state index >= 15 is 0 Å². The van der Waals surface area contributed by atoms with Crippen LogP contribution in [0.3, 0.4) is 0 Å². The number of anilines is 1. The molecule has 140 valence electrons. The molecule has 0 bridgehead atoms. The molecule has 0 heterocycles. The van der Waals surface area contributed by atoms with Gasteiger partial charge in [0.1, 0.15) is 12.4 Å². The van der Waals surface area contributed by atoms with Crippen molar-refractivity contribution in [1.82, 2.24) is 4.90 Å². The van der Waals surface area contributed by atoms with Gasteiger partial charge in [-0.2, -0.15) is 13.2 Å². The zero-order valence-corrected chi connectivity index (χ0v) is 14.2. The van der Waals surface area contributed by atoms with E-state index in [2.05, 4.69) is 0 Å².